The van der Waals surface area contributed by atoms with Gasteiger partial charge in [-0.15, -0.1) is 11.3 Å². The number of rotatable bonds is 4. The summed E-state index contributed by atoms with van der Waals surface area (Å²) in [5.74, 6) is 0. The van der Waals surface area contributed by atoms with Crippen LogP contribution in [0.2, 0.25) is 4.34 Å². The topological polar surface area (TPSA) is 69.7 Å². The van der Waals surface area contributed by atoms with Gasteiger partial charge in [0.2, 0.25) is 10.0 Å². The molecule has 1 aromatic rings. The molecular formula is C13H20ClN3O3S2. The number of carbonyl (C=O) groups is 1. The normalized spacial score (nSPS) is 19.9. The lowest BCUT2D eigenvalue weighted by Gasteiger charge is -2.32. The summed E-state index contributed by atoms with van der Waals surface area (Å²) in [6, 6.07) is 3.34. The third-order valence-electron chi connectivity index (χ3n) is 3.55. The van der Waals surface area contributed by atoms with Crippen molar-refractivity contribution in [3.63, 3.8) is 0 Å². The summed E-state index contributed by atoms with van der Waals surface area (Å²) in [6.07, 6.45) is 2.74. The standard InChI is InChI=1S/C13H20ClN3O3S2/c1-16(9-11-5-6-12(14)21-11)13(18)15-10-4-3-7-17(8-10)22(2,19)20/h5-6,10H,3-4,7-9H2,1-2H3,(H,15,18). The Morgan fingerprint density at radius 2 is 2.27 bits per heavy atom. The molecular weight excluding hydrogens is 346 g/mol. The van der Waals surface area contributed by atoms with E-state index in [1.165, 1.54) is 21.9 Å². The van der Waals surface area contributed by atoms with Gasteiger partial charge >= 0.3 is 6.03 Å². The van der Waals surface area contributed by atoms with Crippen LogP contribution in [0.1, 0.15) is 17.7 Å². The maximum atomic E-state index is 12.2. The highest BCUT2D eigenvalue weighted by atomic mass is 35.5. The van der Waals surface area contributed by atoms with Crippen LogP contribution in [0.5, 0.6) is 0 Å². The van der Waals surface area contributed by atoms with E-state index in [0.717, 1.165) is 17.7 Å². The molecule has 0 aromatic carbocycles. The Balaban J connectivity index is 1.88. The Hall–Kier alpha value is -0.830. The summed E-state index contributed by atoms with van der Waals surface area (Å²) in [6.45, 7) is 1.34. The fraction of sp³-hybridized carbons (Fsp3) is 0.615. The number of nitrogens with one attached hydrogen (secondary N) is 1. The van der Waals surface area contributed by atoms with E-state index in [0.29, 0.717) is 24.0 Å². The minimum Gasteiger partial charge on any atom is -0.334 e. The van der Waals surface area contributed by atoms with Gasteiger partial charge in [-0.2, -0.15) is 0 Å². The van der Waals surface area contributed by atoms with Crippen molar-refractivity contribution in [3.8, 4) is 0 Å². The molecule has 1 aliphatic rings. The van der Waals surface area contributed by atoms with Crippen molar-refractivity contribution in [2.45, 2.75) is 25.4 Å². The number of piperidine rings is 1. The molecule has 0 spiro atoms. The van der Waals surface area contributed by atoms with Crippen LogP contribution in [-0.2, 0) is 16.6 Å². The summed E-state index contributed by atoms with van der Waals surface area (Å²) in [7, 11) is -1.50. The van der Waals surface area contributed by atoms with Crippen LogP contribution in [0.15, 0.2) is 12.1 Å². The Morgan fingerprint density at radius 1 is 1.55 bits per heavy atom. The van der Waals surface area contributed by atoms with Crippen LogP contribution in [-0.4, -0.2) is 56.1 Å². The van der Waals surface area contributed by atoms with Crippen LogP contribution in [0.25, 0.3) is 0 Å². The molecule has 0 saturated carbocycles. The van der Waals surface area contributed by atoms with Gasteiger partial charge in [0.15, 0.2) is 0 Å². The van der Waals surface area contributed by atoms with Crippen molar-refractivity contribution in [2.24, 2.45) is 0 Å². The van der Waals surface area contributed by atoms with Gasteiger partial charge in [0.05, 0.1) is 17.1 Å². The first kappa shape index (κ1) is 17.5. The summed E-state index contributed by atoms with van der Waals surface area (Å²) in [5, 5.41) is 2.90. The molecule has 1 fully saturated rings. The number of hydrogen-bond donors (Lipinski definition) is 1. The van der Waals surface area contributed by atoms with Crippen molar-refractivity contribution in [2.75, 3.05) is 26.4 Å². The number of nitrogens with zero attached hydrogens (tertiary/aromatic N) is 2. The first-order valence-corrected chi connectivity index (χ1v) is 10.0. The van der Waals surface area contributed by atoms with Crippen molar-refractivity contribution in [1.29, 1.82) is 0 Å². The fourth-order valence-corrected chi connectivity index (χ4v) is 4.44. The third-order valence-corrected chi connectivity index (χ3v) is 6.03. The first-order chi connectivity index (χ1) is 10.3. The lowest BCUT2D eigenvalue weighted by atomic mass is 10.1. The van der Waals surface area contributed by atoms with Gasteiger partial charge in [0.25, 0.3) is 0 Å². The molecule has 0 aliphatic carbocycles. The number of carbonyl (C=O) groups excluding carboxylic acids is 1. The Bertz CT molecular complexity index is 632. The molecule has 0 radical (unpaired) electrons. The number of amides is 2. The SMILES string of the molecule is CN(Cc1ccc(Cl)s1)C(=O)NC1CCCN(S(C)(=O)=O)C1. The highest BCUT2D eigenvalue weighted by Gasteiger charge is 2.27. The second-order valence-electron chi connectivity index (χ2n) is 5.47. The van der Waals surface area contributed by atoms with Gasteiger partial charge in [0, 0.05) is 31.1 Å². The number of hydrogen-bond acceptors (Lipinski definition) is 4. The van der Waals surface area contributed by atoms with Gasteiger partial charge in [-0.3, -0.25) is 0 Å². The predicted molar refractivity (Wildman–Crippen MR) is 88.8 cm³/mol. The summed E-state index contributed by atoms with van der Waals surface area (Å²) >= 11 is 7.31. The van der Waals surface area contributed by atoms with Crippen molar-refractivity contribution < 1.29 is 13.2 Å². The van der Waals surface area contributed by atoms with Gasteiger partial charge in [-0.25, -0.2) is 17.5 Å². The highest BCUT2D eigenvalue weighted by molar-refractivity contribution is 7.88. The van der Waals surface area contributed by atoms with E-state index in [-0.39, 0.29) is 12.1 Å². The van der Waals surface area contributed by atoms with Gasteiger partial charge < -0.3 is 10.2 Å². The molecule has 22 heavy (non-hydrogen) atoms. The molecule has 124 valence electrons. The van der Waals surface area contributed by atoms with E-state index in [4.69, 9.17) is 11.6 Å². The average Bonchev–Trinajstić information content (AvgIpc) is 2.83. The Labute approximate surface area is 140 Å². The fourth-order valence-electron chi connectivity index (χ4n) is 2.39. The molecule has 1 saturated heterocycles. The van der Waals surface area contributed by atoms with E-state index >= 15 is 0 Å². The third kappa shape index (κ3) is 4.84. The van der Waals surface area contributed by atoms with Crippen LogP contribution >= 0.6 is 22.9 Å². The van der Waals surface area contributed by atoms with Crippen LogP contribution in [0.3, 0.4) is 0 Å². The quantitative estimate of drug-likeness (QED) is 0.886. The maximum Gasteiger partial charge on any atom is 0.317 e. The molecule has 2 amide bonds. The maximum absolute atomic E-state index is 12.2. The minimum atomic E-state index is -3.21. The van der Waals surface area contributed by atoms with E-state index < -0.39 is 10.0 Å². The zero-order chi connectivity index (χ0) is 16.3. The minimum absolute atomic E-state index is 0.148. The lowest BCUT2D eigenvalue weighted by molar-refractivity contribution is 0.194. The Kier molecular flexibility index (Phi) is 5.70. The molecule has 9 heteroatoms. The molecule has 1 aromatic heterocycles. The molecule has 1 aliphatic heterocycles. The molecule has 1 N–H and O–H groups in total. The number of sulfonamides is 1. The molecule has 6 nitrogen and oxygen atoms in total. The second-order valence-corrected chi connectivity index (χ2v) is 9.25. The molecule has 2 heterocycles. The second kappa shape index (κ2) is 7.16. The zero-order valence-electron chi connectivity index (χ0n) is 12.6. The monoisotopic (exact) mass is 365 g/mol. The van der Waals surface area contributed by atoms with E-state index in [2.05, 4.69) is 5.32 Å². The van der Waals surface area contributed by atoms with Gasteiger partial charge in [-0.1, -0.05) is 11.6 Å². The van der Waals surface area contributed by atoms with Gasteiger partial charge in [-0.05, 0) is 25.0 Å². The van der Waals surface area contributed by atoms with Gasteiger partial charge in [0.1, 0.15) is 0 Å². The zero-order valence-corrected chi connectivity index (χ0v) is 15.0. The lowest BCUT2D eigenvalue weighted by Crippen LogP contribution is -2.51. The van der Waals surface area contributed by atoms with E-state index in [9.17, 15) is 13.2 Å². The molecule has 2 rings (SSSR count). The summed E-state index contributed by atoms with van der Waals surface area (Å²) < 4.78 is 25.3. The smallest absolute Gasteiger partial charge is 0.317 e. The number of halogens is 1. The van der Waals surface area contributed by atoms with Crippen LogP contribution < -0.4 is 5.32 Å². The van der Waals surface area contributed by atoms with E-state index in [1.807, 2.05) is 6.07 Å². The van der Waals surface area contributed by atoms with Crippen molar-refractivity contribution in [1.82, 2.24) is 14.5 Å². The highest BCUT2D eigenvalue weighted by Crippen LogP contribution is 2.22. The molecule has 1 atom stereocenters. The summed E-state index contributed by atoms with van der Waals surface area (Å²) in [5.41, 5.74) is 0. The average molecular weight is 366 g/mol. The summed E-state index contributed by atoms with van der Waals surface area (Å²) in [4.78, 5) is 14.8. The van der Waals surface area contributed by atoms with Crippen LogP contribution in [0, 0.1) is 0 Å². The van der Waals surface area contributed by atoms with Crippen molar-refractivity contribution in [3.05, 3.63) is 21.3 Å². The van der Waals surface area contributed by atoms with Crippen molar-refractivity contribution >= 4 is 39.0 Å². The Morgan fingerprint density at radius 3 is 2.86 bits per heavy atom. The largest absolute Gasteiger partial charge is 0.334 e. The van der Waals surface area contributed by atoms with E-state index in [1.54, 1.807) is 18.0 Å². The van der Waals surface area contributed by atoms with Crippen LogP contribution in [0.4, 0.5) is 4.79 Å². The number of urea groups is 1. The number of thiophene rings is 1. The molecule has 0 bridgehead atoms. The molecule has 1 unspecified atom stereocenters. The predicted octanol–water partition coefficient (Wildman–Crippen LogP) is 1.97. The first-order valence-electron chi connectivity index (χ1n) is 6.96.